The van der Waals surface area contributed by atoms with Gasteiger partial charge in [0.25, 0.3) is 5.56 Å². The lowest BCUT2D eigenvalue weighted by atomic mass is 10.0. The van der Waals surface area contributed by atoms with E-state index in [1.807, 2.05) is 30.3 Å². The summed E-state index contributed by atoms with van der Waals surface area (Å²) in [4.78, 5) is 15.3. The predicted molar refractivity (Wildman–Crippen MR) is 82.8 cm³/mol. The van der Waals surface area contributed by atoms with Gasteiger partial charge in [-0.2, -0.15) is 0 Å². The van der Waals surface area contributed by atoms with Gasteiger partial charge in [-0.1, -0.05) is 47.5 Å². The van der Waals surface area contributed by atoms with Gasteiger partial charge in [-0.15, -0.1) is 0 Å². The Balaban J connectivity index is 2.19. The first kappa shape index (κ1) is 12.0. The van der Waals surface area contributed by atoms with Gasteiger partial charge in [0.1, 0.15) is 0 Å². The standard InChI is InChI=1S/C16H9Cl2NO/c17-9-6-12-11-5-8-3-1-2-4-10(8)14(11)16(20)19-15(12)13(18)7-9/h1-4,6-7H,5H2,(H,19,20). The molecule has 20 heavy (non-hydrogen) atoms. The first-order valence-electron chi connectivity index (χ1n) is 6.27. The van der Waals surface area contributed by atoms with E-state index in [1.165, 1.54) is 0 Å². The van der Waals surface area contributed by atoms with Gasteiger partial charge in [-0.25, -0.2) is 0 Å². The number of rotatable bonds is 0. The molecule has 4 rings (SSSR count). The summed E-state index contributed by atoms with van der Waals surface area (Å²) in [5, 5.41) is 1.98. The van der Waals surface area contributed by atoms with Crippen LogP contribution < -0.4 is 5.56 Å². The van der Waals surface area contributed by atoms with Gasteiger partial charge in [0.05, 0.1) is 16.1 Å². The van der Waals surface area contributed by atoms with Gasteiger partial charge in [-0.3, -0.25) is 4.79 Å². The van der Waals surface area contributed by atoms with Gasteiger partial charge in [0, 0.05) is 10.4 Å². The second-order valence-corrected chi connectivity index (χ2v) is 5.80. The Morgan fingerprint density at radius 2 is 1.90 bits per heavy atom. The van der Waals surface area contributed by atoms with E-state index in [9.17, 15) is 4.79 Å². The Morgan fingerprint density at radius 3 is 2.75 bits per heavy atom. The summed E-state index contributed by atoms with van der Waals surface area (Å²) in [5.74, 6) is 0. The van der Waals surface area contributed by atoms with Crippen LogP contribution in [0.5, 0.6) is 0 Å². The Morgan fingerprint density at radius 1 is 1.10 bits per heavy atom. The number of hydrogen-bond acceptors (Lipinski definition) is 1. The van der Waals surface area contributed by atoms with E-state index in [-0.39, 0.29) is 5.56 Å². The lowest BCUT2D eigenvalue weighted by molar-refractivity contribution is 1.25. The lowest BCUT2D eigenvalue weighted by Gasteiger charge is -2.07. The van der Waals surface area contributed by atoms with E-state index in [2.05, 4.69) is 4.98 Å². The highest BCUT2D eigenvalue weighted by atomic mass is 35.5. The number of aromatic nitrogens is 1. The molecule has 0 radical (unpaired) electrons. The molecule has 98 valence electrons. The highest BCUT2D eigenvalue weighted by Crippen LogP contribution is 2.39. The molecule has 1 N–H and O–H groups in total. The highest BCUT2D eigenvalue weighted by Gasteiger charge is 2.24. The Labute approximate surface area is 125 Å². The van der Waals surface area contributed by atoms with Crippen LogP contribution in [0.2, 0.25) is 10.0 Å². The van der Waals surface area contributed by atoms with E-state index in [0.29, 0.717) is 15.6 Å². The highest BCUT2D eigenvalue weighted by molar-refractivity contribution is 6.38. The number of benzene rings is 2. The van der Waals surface area contributed by atoms with Crippen molar-refractivity contribution in [2.75, 3.05) is 0 Å². The van der Waals surface area contributed by atoms with Crippen LogP contribution in [-0.4, -0.2) is 4.98 Å². The second kappa shape index (κ2) is 4.11. The molecule has 0 bridgehead atoms. The zero-order chi connectivity index (χ0) is 13.9. The molecule has 0 amide bonds. The molecule has 0 fully saturated rings. The fourth-order valence-corrected chi connectivity index (χ4v) is 3.50. The summed E-state index contributed by atoms with van der Waals surface area (Å²) in [6, 6.07) is 11.5. The zero-order valence-corrected chi connectivity index (χ0v) is 11.8. The molecule has 1 heterocycles. The number of aromatic amines is 1. The fraction of sp³-hybridized carbons (Fsp3) is 0.0625. The summed E-state index contributed by atoms with van der Waals surface area (Å²) >= 11 is 12.3. The summed E-state index contributed by atoms with van der Waals surface area (Å²) in [6.07, 6.45) is 0.739. The Kier molecular flexibility index (Phi) is 2.47. The lowest BCUT2D eigenvalue weighted by Crippen LogP contribution is -2.10. The number of H-pyrrole nitrogens is 1. The zero-order valence-electron chi connectivity index (χ0n) is 10.3. The van der Waals surface area contributed by atoms with Crippen molar-refractivity contribution in [1.82, 2.24) is 4.98 Å². The normalized spacial score (nSPS) is 12.5. The van der Waals surface area contributed by atoms with Crippen molar-refractivity contribution in [1.29, 1.82) is 0 Å². The molecule has 4 heteroatoms. The maximum atomic E-state index is 12.4. The summed E-state index contributed by atoms with van der Waals surface area (Å²) < 4.78 is 0. The van der Waals surface area contributed by atoms with Gasteiger partial charge in [-0.05, 0) is 35.2 Å². The molecule has 0 saturated carbocycles. The summed E-state index contributed by atoms with van der Waals surface area (Å²) in [5.41, 5.74) is 4.48. The van der Waals surface area contributed by atoms with E-state index >= 15 is 0 Å². The van der Waals surface area contributed by atoms with Crippen LogP contribution >= 0.6 is 23.2 Å². The molecule has 2 nitrogen and oxygen atoms in total. The SMILES string of the molecule is O=c1[nH]c2c(Cl)cc(Cl)cc2c2c1-c1ccccc1C2. The largest absolute Gasteiger partial charge is 0.320 e. The molecule has 0 atom stereocenters. The predicted octanol–water partition coefficient (Wildman–Crippen LogP) is 4.41. The van der Waals surface area contributed by atoms with Crippen LogP contribution in [0.3, 0.4) is 0 Å². The van der Waals surface area contributed by atoms with Crippen LogP contribution in [0.25, 0.3) is 22.0 Å². The number of hydrogen-bond donors (Lipinski definition) is 1. The molecular formula is C16H9Cl2NO. The minimum atomic E-state index is -0.0957. The molecule has 2 aromatic carbocycles. The van der Waals surface area contributed by atoms with Crippen molar-refractivity contribution in [2.45, 2.75) is 6.42 Å². The molecule has 1 aliphatic rings. The Hall–Kier alpha value is -1.77. The van der Waals surface area contributed by atoms with Crippen LogP contribution in [0.4, 0.5) is 0 Å². The molecule has 0 saturated heterocycles. The van der Waals surface area contributed by atoms with Crippen LogP contribution in [-0.2, 0) is 6.42 Å². The van der Waals surface area contributed by atoms with E-state index in [0.717, 1.165) is 34.1 Å². The number of fused-ring (bicyclic) bond motifs is 5. The van der Waals surface area contributed by atoms with E-state index < -0.39 is 0 Å². The fourth-order valence-electron chi connectivity index (χ4n) is 2.96. The van der Waals surface area contributed by atoms with Gasteiger partial charge in [0.15, 0.2) is 0 Å². The first-order valence-corrected chi connectivity index (χ1v) is 7.03. The monoisotopic (exact) mass is 301 g/mol. The van der Waals surface area contributed by atoms with Crippen molar-refractivity contribution in [3.8, 4) is 11.1 Å². The van der Waals surface area contributed by atoms with Crippen LogP contribution in [0.15, 0.2) is 41.2 Å². The number of nitrogens with one attached hydrogen (secondary N) is 1. The summed E-state index contributed by atoms with van der Waals surface area (Å²) in [6.45, 7) is 0. The molecule has 0 unspecified atom stereocenters. The maximum Gasteiger partial charge on any atom is 0.256 e. The molecule has 1 aromatic heterocycles. The van der Waals surface area contributed by atoms with Gasteiger partial charge in [0.2, 0.25) is 0 Å². The molecule has 1 aliphatic carbocycles. The minimum absolute atomic E-state index is 0.0957. The third-order valence-electron chi connectivity index (χ3n) is 3.80. The molecular weight excluding hydrogens is 293 g/mol. The number of halogens is 2. The first-order chi connectivity index (χ1) is 9.65. The molecule has 0 spiro atoms. The maximum absolute atomic E-state index is 12.4. The second-order valence-electron chi connectivity index (χ2n) is 4.95. The van der Waals surface area contributed by atoms with Crippen molar-refractivity contribution >= 4 is 34.1 Å². The quantitative estimate of drug-likeness (QED) is 0.513. The van der Waals surface area contributed by atoms with Crippen molar-refractivity contribution < 1.29 is 0 Å². The van der Waals surface area contributed by atoms with E-state index in [1.54, 1.807) is 6.07 Å². The third-order valence-corrected chi connectivity index (χ3v) is 4.32. The average Bonchev–Trinajstić information content (AvgIpc) is 2.80. The van der Waals surface area contributed by atoms with Gasteiger partial charge < -0.3 is 4.98 Å². The van der Waals surface area contributed by atoms with Gasteiger partial charge >= 0.3 is 0 Å². The smallest absolute Gasteiger partial charge is 0.256 e. The van der Waals surface area contributed by atoms with Crippen molar-refractivity contribution in [3.63, 3.8) is 0 Å². The molecule has 3 aromatic rings. The number of pyridine rings is 1. The molecule has 0 aliphatic heterocycles. The van der Waals surface area contributed by atoms with Crippen LogP contribution in [0, 0.1) is 0 Å². The average molecular weight is 302 g/mol. The summed E-state index contributed by atoms with van der Waals surface area (Å²) in [7, 11) is 0. The minimum Gasteiger partial charge on any atom is -0.320 e. The Bertz CT molecular complexity index is 928. The van der Waals surface area contributed by atoms with E-state index in [4.69, 9.17) is 23.2 Å². The van der Waals surface area contributed by atoms with Crippen molar-refractivity contribution in [2.24, 2.45) is 0 Å². The van der Waals surface area contributed by atoms with Crippen LogP contribution in [0.1, 0.15) is 11.1 Å². The van der Waals surface area contributed by atoms with Crippen molar-refractivity contribution in [3.05, 3.63) is 67.9 Å². The topological polar surface area (TPSA) is 32.9 Å². The third kappa shape index (κ3) is 1.55.